The zero-order valence-corrected chi connectivity index (χ0v) is 21.6. The second kappa shape index (κ2) is 29.5. The van der Waals surface area contributed by atoms with Crippen LogP contribution in [-0.2, 0) is 4.79 Å². The second-order valence-corrected chi connectivity index (χ2v) is 9.95. The van der Waals surface area contributed by atoms with E-state index < -0.39 is 0 Å². The van der Waals surface area contributed by atoms with Crippen LogP contribution in [0.2, 0.25) is 0 Å². The van der Waals surface area contributed by atoms with Crippen molar-refractivity contribution in [3.63, 3.8) is 0 Å². The van der Waals surface area contributed by atoms with Crippen molar-refractivity contribution in [3.05, 3.63) is 6.08 Å². The third-order valence-corrected chi connectivity index (χ3v) is 6.79. The summed E-state index contributed by atoms with van der Waals surface area (Å²) in [5.74, 6) is 1.86. The minimum absolute atomic E-state index is 0.920. The maximum absolute atomic E-state index is 10.1. The summed E-state index contributed by atoms with van der Waals surface area (Å²) in [5.41, 5.74) is 0. The standard InChI is InChI=1S/C30H58O/c1-2-3-4-5-6-7-8-9-10-11-12-13-14-15-16-17-18-19-20-21-22-23-24-25-26-27-28-29-30-31/h29H,2-28H2,1H3. The minimum atomic E-state index is 0.920. The van der Waals surface area contributed by atoms with Gasteiger partial charge in [0.1, 0.15) is 5.94 Å². The van der Waals surface area contributed by atoms with Crippen molar-refractivity contribution >= 4 is 5.94 Å². The van der Waals surface area contributed by atoms with Gasteiger partial charge in [-0.05, 0) is 18.9 Å². The van der Waals surface area contributed by atoms with Crippen LogP contribution in [-0.4, -0.2) is 5.94 Å². The summed E-state index contributed by atoms with van der Waals surface area (Å²) in [5, 5.41) is 0. The SMILES string of the molecule is CCCCCCCCCCCCCCCCCCCCCCCCCCCCC=C=O. The van der Waals surface area contributed by atoms with Crippen molar-refractivity contribution in [2.24, 2.45) is 0 Å². The molecule has 0 aromatic heterocycles. The Hall–Kier alpha value is -0.550. The molecule has 1 heteroatoms. The molecule has 31 heavy (non-hydrogen) atoms. The third-order valence-electron chi connectivity index (χ3n) is 6.79. The van der Waals surface area contributed by atoms with Gasteiger partial charge < -0.3 is 0 Å². The minimum Gasteiger partial charge on any atom is -0.234 e. The molecule has 0 aromatic rings. The fourth-order valence-electron chi connectivity index (χ4n) is 4.62. The van der Waals surface area contributed by atoms with Gasteiger partial charge in [-0.3, -0.25) is 0 Å². The summed E-state index contributed by atoms with van der Waals surface area (Å²) < 4.78 is 0. The molecule has 0 heterocycles. The van der Waals surface area contributed by atoms with E-state index >= 15 is 0 Å². The van der Waals surface area contributed by atoms with Gasteiger partial charge in [-0.15, -0.1) is 0 Å². The van der Waals surface area contributed by atoms with Crippen molar-refractivity contribution in [1.82, 2.24) is 0 Å². The zero-order chi connectivity index (χ0) is 22.5. The van der Waals surface area contributed by atoms with Crippen molar-refractivity contribution < 1.29 is 4.79 Å². The molecule has 0 spiro atoms. The van der Waals surface area contributed by atoms with Crippen LogP contribution in [0.5, 0.6) is 0 Å². The van der Waals surface area contributed by atoms with Gasteiger partial charge >= 0.3 is 0 Å². The molecule has 0 amide bonds. The van der Waals surface area contributed by atoms with Crippen LogP contribution in [0.15, 0.2) is 6.08 Å². The highest BCUT2D eigenvalue weighted by Crippen LogP contribution is 2.16. The van der Waals surface area contributed by atoms with Gasteiger partial charge in [0, 0.05) is 0 Å². The lowest BCUT2D eigenvalue weighted by Crippen LogP contribution is -1.84. The summed E-state index contributed by atoms with van der Waals surface area (Å²) >= 11 is 0. The van der Waals surface area contributed by atoms with Crippen LogP contribution >= 0.6 is 0 Å². The maximum atomic E-state index is 10.1. The van der Waals surface area contributed by atoms with Crippen LogP contribution in [0.4, 0.5) is 0 Å². The van der Waals surface area contributed by atoms with E-state index in [0.717, 1.165) is 12.8 Å². The second-order valence-electron chi connectivity index (χ2n) is 9.95. The average molecular weight is 435 g/mol. The van der Waals surface area contributed by atoms with E-state index in [9.17, 15) is 4.79 Å². The van der Waals surface area contributed by atoms with Gasteiger partial charge in [0.15, 0.2) is 0 Å². The van der Waals surface area contributed by atoms with E-state index in [-0.39, 0.29) is 0 Å². The van der Waals surface area contributed by atoms with Crippen LogP contribution in [0, 0.1) is 0 Å². The molecule has 0 rings (SSSR count). The normalized spacial score (nSPS) is 11.0. The van der Waals surface area contributed by atoms with Crippen LogP contribution < -0.4 is 0 Å². The highest BCUT2D eigenvalue weighted by atomic mass is 16.1. The first-order chi connectivity index (χ1) is 15.4. The molecule has 0 radical (unpaired) electrons. The Labute approximate surface area is 197 Å². The molecule has 0 aromatic carbocycles. The number of carbonyl (C=O) groups excluding carboxylic acids is 1. The Bertz CT molecular complexity index is 355. The van der Waals surface area contributed by atoms with Gasteiger partial charge in [0.25, 0.3) is 0 Å². The molecule has 0 saturated heterocycles. The number of rotatable bonds is 27. The van der Waals surface area contributed by atoms with Gasteiger partial charge in [0.2, 0.25) is 0 Å². The molecule has 0 aliphatic rings. The predicted molar refractivity (Wildman–Crippen MR) is 141 cm³/mol. The maximum Gasteiger partial charge on any atom is 0.120 e. The number of hydrogen-bond acceptors (Lipinski definition) is 1. The van der Waals surface area contributed by atoms with Crippen molar-refractivity contribution in [3.8, 4) is 0 Å². The molecule has 0 atom stereocenters. The van der Waals surface area contributed by atoms with Crippen molar-refractivity contribution in [2.75, 3.05) is 0 Å². The topological polar surface area (TPSA) is 17.1 Å². The van der Waals surface area contributed by atoms with Gasteiger partial charge in [0.05, 0.1) is 0 Å². The van der Waals surface area contributed by atoms with E-state index in [1.54, 1.807) is 6.08 Å². The van der Waals surface area contributed by atoms with Gasteiger partial charge in [-0.25, -0.2) is 4.79 Å². The number of hydrogen-bond donors (Lipinski definition) is 0. The lowest BCUT2D eigenvalue weighted by atomic mass is 10.0. The summed E-state index contributed by atoms with van der Waals surface area (Å²) in [6.07, 6.45) is 39.8. The molecule has 184 valence electrons. The Kier molecular flexibility index (Phi) is 28.9. The fourth-order valence-corrected chi connectivity index (χ4v) is 4.62. The third kappa shape index (κ3) is 29.4. The fraction of sp³-hybridized carbons (Fsp3) is 0.933. The first-order valence-electron chi connectivity index (χ1n) is 14.6. The Balaban J connectivity index is 3.00. The number of allylic oxidation sites excluding steroid dienone is 1. The largest absolute Gasteiger partial charge is 0.234 e. The highest BCUT2D eigenvalue weighted by molar-refractivity contribution is 5.44. The van der Waals surface area contributed by atoms with Crippen LogP contribution in [0.3, 0.4) is 0 Å². The number of unbranched alkanes of at least 4 members (excludes halogenated alkanes) is 26. The summed E-state index contributed by atoms with van der Waals surface area (Å²) in [6, 6.07) is 0. The molecule has 0 aliphatic carbocycles. The average Bonchev–Trinajstić information content (AvgIpc) is 2.78. The molecule has 0 saturated carbocycles. The molecule has 1 nitrogen and oxygen atoms in total. The zero-order valence-electron chi connectivity index (χ0n) is 21.6. The first kappa shape index (κ1) is 30.4. The first-order valence-corrected chi connectivity index (χ1v) is 14.6. The van der Waals surface area contributed by atoms with Crippen molar-refractivity contribution in [2.45, 2.75) is 180 Å². The molecular formula is C30H58O. The van der Waals surface area contributed by atoms with Gasteiger partial charge in [-0.2, -0.15) is 0 Å². The van der Waals surface area contributed by atoms with E-state index in [2.05, 4.69) is 6.92 Å². The lowest BCUT2D eigenvalue weighted by molar-refractivity contribution is 0.515. The van der Waals surface area contributed by atoms with E-state index in [0.29, 0.717) is 0 Å². The van der Waals surface area contributed by atoms with E-state index in [1.165, 1.54) is 161 Å². The molecule has 0 fully saturated rings. The summed E-state index contributed by atoms with van der Waals surface area (Å²) in [7, 11) is 0. The smallest absolute Gasteiger partial charge is 0.120 e. The lowest BCUT2D eigenvalue weighted by Gasteiger charge is -2.04. The highest BCUT2D eigenvalue weighted by Gasteiger charge is 1.96. The predicted octanol–water partition coefficient (Wildman–Crippen LogP) is 10.9. The van der Waals surface area contributed by atoms with Gasteiger partial charge in [-0.1, -0.05) is 167 Å². The Morgan fingerprint density at radius 3 is 0.839 bits per heavy atom. The Morgan fingerprint density at radius 1 is 0.387 bits per heavy atom. The molecule has 0 unspecified atom stereocenters. The Morgan fingerprint density at radius 2 is 0.613 bits per heavy atom. The summed E-state index contributed by atoms with van der Waals surface area (Å²) in [6.45, 7) is 2.30. The van der Waals surface area contributed by atoms with E-state index in [1.807, 2.05) is 5.94 Å². The monoisotopic (exact) mass is 434 g/mol. The van der Waals surface area contributed by atoms with E-state index in [4.69, 9.17) is 0 Å². The molecule has 0 bridgehead atoms. The van der Waals surface area contributed by atoms with Crippen LogP contribution in [0.1, 0.15) is 180 Å². The molecule has 0 N–H and O–H groups in total. The molecule has 0 aliphatic heterocycles. The van der Waals surface area contributed by atoms with Crippen molar-refractivity contribution in [1.29, 1.82) is 0 Å². The molecular weight excluding hydrogens is 376 g/mol. The van der Waals surface area contributed by atoms with Crippen LogP contribution in [0.25, 0.3) is 0 Å². The quantitative estimate of drug-likeness (QED) is 0.0927. The summed E-state index contributed by atoms with van der Waals surface area (Å²) in [4.78, 5) is 10.1.